The lowest BCUT2D eigenvalue weighted by atomic mass is 10.1. The number of aromatic nitrogens is 2. The van der Waals surface area contributed by atoms with E-state index in [-0.39, 0.29) is 12.0 Å². The second kappa shape index (κ2) is 6.07. The predicted molar refractivity (Wildman–Crippen MR) is 74.4 cm³/mol. The van der Waals surface area contributed by atoms with E-state index in [9.17, 15) is 14.2 Å². The van der Waals surface area contributed by atoms with Crippen LogP contribution < -0.4 is 11.2 Å². The Morgan fingerprint density at radius 3 is 2.86 bits per heavy atom. The van der Waals surface area contributed by atoms with Crippen LogP contribution >= 0.6 is 7.60 Å². The zero-order chi connectivity index (χ0) is 16.5. The van der Waals surface area contributed by atoms with Crippen molar-refractivity contribution in [3.05, 3.63) is 43.0 Å². The van der Waals surface area contributed by atoms with Crippen molar-refractivity contribution in [2.24, 2.45) is 5.11 Å². The van der Waals surface area contributed by atoms with Crippen LogP contribution in [-0.2, 0) is 9.30 Å². The Morgan fingerprint density at radius 2 is 2.27 bits per heavy atom. The van der Waals surface area contributed by atoms with Gasteiger partial charge in [-0.05, 0) is 12.5 Å². The smallest absolute Gasteiger partial charge is 0.330 e. The molecule has 11 nitrogen and oxygen atoms in total. The standard InChI is InChI=1S/C10H14N5O6P/c1-5-3-15(10(17)12-9(5)16)8-2-6(13-14-11)7(21-8)4-22(18,19)20/h3,6-8H,2,4H2,1H3,(H,12,16,17)(H2,18,19,20)/t6-,7-,8-/m1/s1. The van der Waals surface area contributed by atoms with E-state index in [1.807, 2.05) is 0 Å². The molecule has 120 valence electrons. The van der Waals surface area contributed by atoms with Gasteiger partial charge in [-0.15, -0.1) is 0 Å². The van der Waals surface area contributed by atoms with Crippen LogP contribution in [0, 0.1) is 6.92 Å². The molecule has 0 aliphatic carbocycles. The third-order valence-corrected chi connectivity index (χ3v) is 4.11. The van der Waals surface area contributed by atoms with Crippen LogP contribution in [0.2, 0.25) is 0 Å². The average Bonchev–Trinajstić information content (AvgIpc) is 2.75. The predicted octanol–water partition coefficient (Wildman–Crippen LogP) is -0.0109. The first-order chi connectivity index (χ1) is 10.2. The van der Waals surface area contributed by atoms with Gasteiger partial charge in [0, 0.05) is 23.1 Å². The summed E-state index contributed by atoms with van der Waals surface area (Å²) < 4.78 is 17.7. The van der Waals surface area contributed by atoms with Crippen molar-refractivity contribution in [1.82, 2.24) is 9.55 Å². The lowest BCUT2D eigenvalue weighted by Gasteiger charge is -2.17. The zero-order valence-electron chi connectivity index (χ0n) is 11.5. The number of nitrogens with one attached hydrogen (secondary N) is 1. The summed E-state index contributed by atoms with van der Waals surface area (Å²) in [4.78, 5) is 46.0. The molecule has 12 heteroatoms. The molecule has 0 radical (unpaired) electrons. The van der Waals surface area contributed by atoms with Gasteiger partial charge >= 0.3 is 13.3 Å². The van der Waals surface area contributed by atoms with Crippen molar-refractivity contribution in [2.75, 3.05) is 6.16 Å². The van der Waals surface area contributed by atoms with E-state index >= 15 is 0 Å². The van der Waals surface area contributed by atoms with E-state index in [0.29, 0.717) is 0 Å². The monoisotopic (exact) mass is 331 g/mol. The first-order valence-corrected chi connectivity index (χ1v) is 8.07. The molecule has 1 aromatic heterocycles. The molecule has 0 aromatic carbocycles. The Morgan fingerprint density at radius 1 is 1.59 bits per heavy atom. The summed E-state index contributed by atoms with van der Waals surface area (Å²) in [5.74, 6) is 0. The first kappa shape index (κ1) is 16.5. The minimum atomic E-state index is -4.38. The molecule has 2 heterocycles. The number of nitrogens with zero attached hydrogens (tertiary/aromatic N) is 4. The van der Waals surface area contributed by atoms with Crippen LogP contribution in [0.1, 0.15) is 18.2 Å². The maximum Gasteiger partial charge on any atom is 0.330 e. The van der Waals surface area contributed by atoms with Gasteiger partial charge in [0.1, 0.15) is 6.23 Å². The molecule has 1 aromatic rings. The van der Waals surface area contributed by atoms with Crippen LogP contribution in [0.4, 0.5) is 0 Å². The first-order valence-electron chi connectivity index (χ1n) is 6.27. The van der Waals surface area contributed by atoms with Crippen LogP contribution in [0.5, 0.6) is 0 Å². The number of aryl methyl sites for hydroxylation is 1. The Kier molecular flexibility index (Phi) is 4.55. The molecule has 3 N–H and O–H groups in total. The third-order valence-electron chi connectivity index (χ3n) is 3.28. The topological polar surface area (TPSA) is 170 Å². The highest BCUT2D eigenvalue weighted by molar-refractivity contribution is 7.51. The Bertz CT molecular complexity index is 775. The second-order valence-corrected chi connectivity index (χ2v) is 6.66. The van der Waals surface area contributed by atoms with Gasteiger partial charge in [-0.25, -0.2) is 4.79 Å². The van der Waals surface area contributed by atoms with Gasteiger partial charge in [0.25, 0.3) is 5.56 Å². The molecular formula is C10H14N5O6P. The lowest BCUT2D eigenvalue weighted by Crippen LogP contribution is -2.33. The van der Waals surface area contributed by atoms with Gasteiger partial charge in [0.2, 0.25) is 0 Å². The fourth-order valence-corrected chi connectivity index (χ4v) is 3.07. The van der Waals surface area contributed by atoms with Crippen molar-refractivity contribution in [2.45, 2.75) is 31.7 Å². The number of rotatable bonds is 4. The molecular weight excluding hydrogens is 317 g/mol. The Hall–Kier alpha value is -1.90. The van der Waals surface area contributed by atoms with Crippen molar-refractivity contribution in [1.29, 1.82) is 0 Å². The molecule has 1 fully saturated rings. The molecule has 1 aliphatic heterocycles. The summed E-state index contributed by atoms with van der Waals surface area (Å²) in [5.41, 5.74) is 7.57. The lowest BCUT2D eigenvalue weighted by molar-refractivity contribution is 0.00574. The SMILES string of the molecule is Cc1cn([C@H]2C[C@@H](N=[N+]=[N-])[C@@H](CP(=O)(O)O)O2)c(=O)[nH]c1=O. The van der Waals surface area contributed by atoms with Crippen LogP contribution in [0.25, 0.3) is 10.4 Å². The van der Waals surface area contributed by atoms with Crippen LogP contribution in [0.15, 0.2) is 20.9 Å². The highest BCUT2D eigenvalue weighted by atomic mass is 31.2. The molecule has 0 unspecified atom stereocenters. The number of azide groups is 1. The fraction of sp³-hybridized carbons (Fsp3) is 0.600. The Labute approximate surface area is 123 Å². The van der Waals surface area contributed by atoms with Crippen LogP contribution in [-0.4, -0.2) is 37.6 Å². The second-order valence-electron chi connectivity index (χ2n) is 4.96. The van der Waals surface area contributed by atoms with E-state index in [0.717, 1.165) is 4.57 Å². The van der Waals surface area contributed by atoms with Gasteiger partial charge < -0.3 is 14.5 Å². The molecule has 0 spiro atoms. The van der Waals surface area contributed by atoms with E-state index in [1.54, 1.807) is 0 Å². The van der Waals surface area contributed by atoms with Gasteiger partial charge in [0.05, 0.1) is 18.3 Å². The molecule has 22 heavy (non-hydrogen) atoms. The van der Waals surface area contributed by atoms with Gasteiger partial charge in [-0.3, -0.25) is 18.9 Å². The third kappa shape index (κ3) is 3.65. The molecule has 0 amide bonds. The fourth-order valence-electron chi connectivity index (χ4n) is 2.27. The minimum absolute atomic E-state index is 0.0696. The molecule has 2 rings (SSSR count). The largest absolute Gasteiger partial charge is 0.354 e. The van der Waals surface area contributed by atoms with E-state index in [2.05, 4.69) is 15.0 Å². The van der Waals surface area contributed by atoms with Crippen molar-refractivity contribution >= 4 is 7.60 Å². The number of ether oxygens (including phenoxy) is 1. The maximum absolute atomic E-state index is 11.8. The van der Waals surface area contributed by atoms with Crippen molar-refractivity contribution < 1.29 is 19.1 Å². The quantitative estimate of drug-likeness (QED) is 0.303. The maximum atomic E-state index is 11.8. The summed E-state index contributed by atoms with van der Waals surface area (Å²) in [5, 5.41) is 3.46. The number of hydrogen-bond acceptors (Lipinski definition) is 5. The van der Waals surface area contributed by atoms with Crippen molar-refractivity contribution in [3.63, 3.8) is 0 Å². The van der Waals surface area contributed by atoms with Gasteiger partial charge in [-0.1, -0.05) is 5.11 Å². The summed E-state index contributed by atoms with van der Waals surface area (Å²) in [7, 11) is -4.38. The number of H-pyrrole nitrogens is 1. The average molecular weight is 331 g/mol. The van der Waals surface area contributed by atoms with Crippen molar-refractivity contribution in [3.8, 4) is 0 Å². The normalized spacial score (nSPS) is 25.0. The highest BCUT2D eigenvalue weighted by Crippen LogP contribution is 2.41. The van der Waals surface area contributed by atoms with E-state index in [1.165, 1.54) is 13.1 Å². The summed E-state index contributed by atoms with van der Waals surface area (Å²) >= 11 is 0. The number of aromatic amines is 1. The Balaban J connectivity index is 2.33. The van der Waals surface area contributed by atoms with E-state index < -0.39 is 43.4 Å². The molecule has 0 bridgehead atoms. The summed E-state index contributed by atoms with van der Waals surface area (Å²) in [6, 6.07) is -0.818. The highest BCUT2D eigenvalue weighted by Gasteiger charge is 2.39. The minimum Gasteiger partial charge on any atom is -0.354 e. The number of hydrogen-bond donors (Lipinski definition) is 3. The molecule has 1 saturated heterocycles. The van der Waals surface area contributed by atoms with E-state index in [4.69, 9.17) is 20.1 Å². The molecule has 1 aliphatic rings. The summed E-state index contributed by atoms with van der Waals surface area (Å²) in [6.07, 6.45) is -1.15. The van der Waals surface area contributed by atoms with Gasteiger partial charge in [0.15, 0.2) is 0 Å². The van der Waals surface area contributed by atoms with Gasteiger partial charge in [-0.2, -0.15) is 0 Å². The molecule has 0 saturated carbocycles. The van der Waals surface area contributed by atoms with Crippen LogP contribution in [0.3, 0.4) is 0 Å². The molecule has 3 atom stereocenters. The summed E-state index contributed by atoms with van der Waals surface area (Å²) in [6.45, 7) is 1.50. The zero-order valence-corrected chi connectivity index (χ0v) is 12.4.